The summed E-state index contributed by atoms with van der Waals surface area (Å²) >= 11 is 0. The largest absolute Gasteiger partial charge is 0.481 e. The predicted molar refractivity (Wildman–Crippen MR) is 33.4 cm³/mol. The summed E-state index contributed by atoms with van der Waals surface area (Å²) in [5.41, 5.74) is 0. The smallest absolute Gasteiger partial charge is 0.300 e. The Morgan fingerprint density at radius 3 is 1.00 bits per heavy atom. The molecule has 0 aromatic rings. The molecule has 0 spiro atoms. The van der Waals surface area contributed by atoms with E-state index >= 15 is 0 Å². The molecule has 0 fully saturated rings. The van der Waals surface area contributed by atoms with E-state index in [1.165, 1.54) is 0 Å². The Morgan fingerprint density at radius 2 is 1.00 bits per heavy atom. The van der Waals surface area contributed by atoms with Crippen molar-refractivity contribution < 1.29 is 40.2 Å². The van der Waals surface area contributed by atoms with Gasteiger partial charge in [-0.1, -0.05) is 7.43 Å². The zero-order chi connectivity index (χ0) is 7.15. The summed E-state index contributed by atoms with van der Waals surface area (Å²) in [7, 11) is 0. The molecule has 0 aliphatic carbocycles. The summed E-state index contributed by atoms with van der Waals surface area (Å²) in [6, 6.07) is 0. The van der Waals surface area contributed by atoms with Gasteiger partial charge in [-0.2, -0.15) is 0 Å². The topological polar surface area (TPSA) is 74.6 Å². The van der Waals surface area contributed by atoms with Crippen LogP contribution in [-0.2, 0) is 30.0 Å². The van der Waals surface area contributed by atoms with Crippen LogP contribution in [0, 0.1) is 0 Å². The van der Waals surface area contributed by atoms with Crippen LogP contribution in [0.2, 0.25) is 0 Å². The Bertz CT molecular complexity index is 71.6. The summed E-state index contributed by atoms with van der Waals surface area (Å²) in [6.07, 6.45) is 0. The summed E-state index contributed by atoms with van der Waals surface area (Å²) in [5, 5.41) is 14.8. The van der Waals surface area contributed by atoms with Gasteiger partial charge in [0.05, 0.1) is 0 Å². The molecular formula is C5H12O4Pd. The number of rotatable bonds is 0. The second-order valence-electron chi connectivity index (χ2n) is 1.04. The Hall–Kier alpha value is -0.398. The van der Waals surface area contributed by atoms with Crippen molar-refractivity contribution in [2.45, 2.75) is 21.3 Å². The molecular weight excluding hydrogens is 230 g/mol. The van der Waals surface area contributed by atoms with Gasteiger partial charge in [-0.3, -0.25) is 9.59 Å². The molecule has 0 aliphatic heterocycles. The predicted octanol–water partition coefficient (Wildman–Crippen LogP) is 0.815. The SMILES string of the molecule is C.CC(=O)O.CC(=O)O.[Pd]. The standard InChI is InChI=1S/2C2H4O2.CH4.Pd/c2*1-2(3)4;;/h2*1H3,(H,3,4);1H4;. The number of carbonyl (C=O) groups is 2. The molecule has 0 radical (unpaired) electrons. The third kappa shape index (κ3) is 2100. The molecule has 0 bridgehead atoms. The molecule has 0 unspecified atom stereocenters. The van der Waals surface area contributed by atoms with Crippen LogP contribution in [-0.4, -0.2) is 22.2 Å². The normalized spacial score (nSPS) is 5.00. The monoisotopic (exact) mass is 242 g/mol. The van der Waals surface area contributed by atoms with Crippen molar-refractivity contribution in [1.29, 1.82) is 0 Å². The van der Waals surface area contributed by atoms with Crippen LogP contribution in [0.5, 0.6) is 0 Å². The van der Waals surface area contributed by atoms with Gasteiger partial charge in [0.1, 0.15) is 0 Å². The van der Waals surface area contributed by atoms with Gasteiger partial charge in [-0.05, 0) is 0 Å². The van der Waals surface area contributed by atoms with Gasteiger partial charge >= 0.3 is 0 Å². The number of carboxylic acids is 2. The van der Waals surface area contributed by atoms with Gasteiger partial charge < -0.3 is 10.2 Å². The fraction of sp³-hybridized carbons (Fsp3) is 0.600. The van der Waals surface area contributed by atoms with Crippen LogP contribution in [0.3, 0.4) is 0 Å². The Labute approximate surface area is 73.9 Å². The minimum Gasteiger partial charge on any atom is -0.481 e. The molecule has 2 N–H and O–H groups in total. The first kappa shape index (κ1) is 22.6. The zero-order valence-electron chi connectivity index (χ0n) is 5.03. The van der Waals surface area contributed by atoms with E-state index in [9.17, 15) is 0 Å². The van der Waals surface area contributed by atoms with E-state index in [1.807, 2.05) is 0 Å². The van der Waals surface area contributed by atoms with Crippen LogP contribution < -0.4 is 0 Å². The molecule has 5 heteroatoms. The van der Waals surface area contributed by atoms with Crippen molar-refractivity contribution in [2.24, 2.45) is 0 Å². The zero-order valence-corrected chi connectivity index (χ0v) is 6.58. The maximum absolute atomic E-state index is 9.00. The summed E-state index contributed by atoms with van der Waals surface area (Å²) < 4.78 is 0. The van der Waals surface area contributed by atoms with Gasteiger partial charge in [0, 0.05) is 34.3 Å². The van der Waals surface area contributed by atoms with Gasteiger partial charge in [-0.15, -0.1) is 0 Å². The molecule has 0 aromatic carbocycles. The molecule has 0 aliphatic rings. The minimum atomic E-state index is -0.833. The van der Waals surface area contributed by atoms with Crippen LogP contribution in [0.1, 0.15) is 21.3 Å². The number of hydrogen-bond donors (Lipinski definition) is 2. The van der Waals surface area contributed by atoms with Crippen LogP contribution in [0.25, 0.3) is 0 Å². The third-order valence-corrected chi connectivity index (χ3v) is 0. The first-order valence-corrected chi connectivity index (χ1v) is 1.86. The van der Waals surface area contributed by atoms with Crippen molar-refractivity contribution >= 4 is 11.9 Å². The van der Waals surface area contributed by atoms with Gasteiger partial charge in [-0.25, -0.2) is 0 Å². The summed E-state index contributed by atoms with van der Waals surface area (Å²) in [6.45, 7) is 2.17. The molecule has 0 amide bonds. The molecule has 0 atom stereocenters. The van der Waals surface area contributed by atoms with Crippen molar-refractivity contribution in [2.75, 3.05) is 0 Å². The molecule has 0 saturated heterocycles. The van der Waals surface area contributed by atoms with Crippen LogP contribution in [0.15, 0.2) is 0 Å². The fourth-order valence-corrected chi connectivity index (χ4v) is 0. The Balaban J connectivity index is -0.0000000300. The van der Waals surface area contributed by atoms with Crippen molar-refractivity contribution in [1.82, 2.24) is 0 Å². The van der Waals surface area contributed by atoms with E-state index in [0.717, 1.165) is 13.8 Å². The van der Waals surface area contributed by atoms with Crippen molar-refractivity contribution in [3.05, 3.63) is 0 Å². The summed E-state index contributed by atoms with van der Waals surface area (Å²) in [4.78, 5) is 18.0. The average molecular weight is 243 g/mol. The van der Waals surface area contributed by atoms with Crippen LogP contribution in [0.4, 0.5) is 0 Å². The number of hydrogen-bond acceptors (Lipinski definition) is 2. The fourth-order valence-electron chi connectivity index (χ4n) is 0. The minimum absolute atomic E-state index is 0. The molecule has 0 aromatic heterocycles. The van der Waals surface area contributed by atoms with E-state index in [0.29, 0.717) is 0 Å². The van der Waals surface area contributed by atoms with E-state index in [1.54, 1.807) is 0 Å². The molecule has 4 nitrogen and oxygen atoms in total. The van der Waals surface area contributed by atoms with Crippen LogP contribution >= 0.6 is 0 Å². The Kier molecular flexibility index (Phi) is 35.9. The first-order chi connectivity index (χ1) is 3.46. The second kappa shape index (κ2) is 15.8. The van der Waals surface area contributed by atoms with Gasteiger partial charge in [0.15, 0.2) is 0 Å². The first-order valence-electron chi connectivity index (χ1n) is 1.86. The summed E-state index contributed by atoms with van der Waals surface area (Å²) in [5.74, 6) is -1.67. The number of carboxylic acid groups (broad SMARTS) is 2. The van der Waals surface area contributed by atoms with Gasteiger partial charge in [0.25, 0.3) is 11.9 Å². The van der Waals surface area contributed by atoms with E-state index in [-0.39, 0.29) is 27.8 Å². The van der Waals surface area contributed by atoms with Crippen molar-refractivity contribution in [3.63, 3.8) is 0 Å². The molecule has 0 heterocycles. The molecule has 10 heavy (non-hydrogen) atoms. The molecule has 0 saturated carbocycles. The number of aliphatic carboxylic acids is 2. The van der Waals surface area contributed by atoms with E-state index in [2.05, 4.69) is 0 Å². The van der Waals surface area contributed by atoms with Gasteiger partial charge in [0.2, 0.25) is 0 Å². The van der Waals surface area contributed by atoms with E-state index in [4.69, 9.17) is 19.8 Å². The quantitative estimate of drug-likeness (QED) is 0.617. The second-order valence-corrected chi connectivity index (χ2v) is 1.04. The maximum atomic E-state index is 9.00. The van der Waals surface area contributed by atoms with E-state index < -0.39 is 11.9 Å². The molecule has 66 valence electrons. The average Bonchev–Trinajstić information content (AvgIpc) is 1.25. The molecule has 0 rings (SSSR count). The third-order valence-electron chi connectivity index (χ3n) is 0. The Morgan fingerprint density at radius 1 is 1.00 bits per heavy atom. The van der Waals surface area contributed by atoms with Crippen molar-refractivity contribution in [3.8, 4) is 0 Å². The maximum Gasteiger partial charge on any atom is 0.300 e.